The predicted octanol–water partition coefficient (Wildman–Crippen LogP) is 4.23. The molecule has 3 unspecified atom stereocenters. The molecular formula is C27H34N10O. The molecule has 11 heteroatoms. The van der Waals surface area contributed by atoms with Crippen LogP contribution in [-0.2, 0) is 7.05 Å². The SMILES string of the molecule is CCC1CCC(NC(=O)c2ccccn2)CC(Nc2nc(Nc3cc(C)[nH]n3)cc(-c3cnn(C)c3)n2)C1. The Kier molecular flexibility index (Phi) is 7.62. The number of carbonyl (C=O) groups excluding carboxylic acids is 1. The van der Waals surface area contributed by atoms with Crippen LogP contribution >= 0.6 is 0 Å². The van der Waals surface area contributed by atoms with Crippen LogP contribution in [0.3, 0.4) is 0 Å². The summed E-state index contributed by atoms with van der Waals surface area (Å²) in [5.74, 6) is 2.25. The van der Waals surface area contributed by atoms with Gasteiger partial charge in [-0.25, -0.2) is 4.98 Å². The fourth-order valence-electron chi connectivity index (χ4n) is 4.96. The molecular weight excluding hydrogens is 480 g/mol. The van der Waals surface area contributed by atoms with E-state index in [1.807, 2.05) is 44.4 Å². The quantitative estimate of drug-likeness (QED) is 0.256. The van der Waals surface area contributed by atoms with Gasteiger partial charge in [0.05, 0.1) is 11.9 Å². The van der Waals surface area contributed by atoms with Gasteiger partial charge in [-0.2, -0.15) is 15.2 Å². The third-order valence-electron chi connectivity index (χ3n) is 6.94. The predicted molar refractivity (Wildman–Crippen MR) is 146 cm³/mol. The molecule has 0 spiro atoms. The van der Waals surface area contributed by atoms with Gasteiger partial charge in [0.15, 0.2) is 5.82 Å². The average Bonchev–Trinajstić information content (AvgIpc) is 3.48. The summed E-state index contributed by atoms with van der Waals surface area (Å²) in [5, 5.41) is 21.6. The number of rotatable bonds is 8. The van der Waals surface area contributed by atoms with E-state index in [-0.39, 0.29) is 18.0 Å². The van der Waals surface area contributed by atoms with Gasteiger partial charge < -0.3 is 16.0 Å². The second-order valence-corrected chi connectivity index (χ2v) is 9.98. The number of pyridine rings is 1. The van der Waals surface area contributed by atoms with Crippen LogP contribution in [0.1, 0.15) is 55.2 Å². The summed E-state index contributed by atoms with van der Waals surface area (Å²) < 4.78 is 1.75. The van der Waals surface area contributed by atoms with E-state index in [2.05, 4.69) is 43.2 Å². The van der Waals surface area contributed by atoms with E-state index < -0.39 is 0 Å². The summed E-state index contributed by atoms with van der Waals surface area (Å²) in [6.07, 6.45) is 10.2. The highest BCUT2D eigenvalue weighted by molar-refractivity contribution is 5.92. The summed E-state index contributed by atoms with van der Waals surface area (Å²) in [7, 11) is 1.88. The molecule has 4 aromatic heterocycles. The zero-order valence-corrected chi connectivity index (χ0v) is 22.0. The smallest absolute Gasteiger partial charge is 0.270 e. The van der Waals surface area contributed by atoms with Crippen LogP contribution in [0.2, 0.25) is 0 Å². The van der Waals surface area contributed by atoms with Crippen LogP contribution in [0, 0.1) is 12.8 Å². The van der Waals surface area contributed by atoms with Crippen molar-refractivity contribution in [3.8, 4) is 11.3 Å². The number of anilines is 3. The van der Waals surface area contributed by atoms with Crippen molar-refractivity contribution < 1.29 is 4.79 Å². The molecule has 0 aliphatic heterocycles. The summed E-state index contributed by atoms with van der Waals surface area (Å²) >= 11 is 0. The molecule has 0 saturated heterocycles. The Morgan fingerprint density at radius 1 is 1.13 bits per heavy atom. The minimum atomic E-state index is -0.139. The molecule has 4 heterocycles. The lowest BCUT2D eigenvalue weighted by atomic mass is 9.96. The molecule has 1 saturated carbocycles. The highest BCUT2D eigenvalue weighted by Crippen LogP contribution is 2.29. The van der Waals surface area contributed by atoms with Crippen molar-refractivity contribution in [3.05, 3.63) is 60.3 Å². The monoisotopic (exact) mass is 514 g/mol. The fourth-order valence-corrected chi connectivity index (χ4v) is 4.96. The minimum absolute atomic E-state index is 0.0321. The molecule has 198 valence electrons. The van der Waals surface area contributed by atoms with Gasteiger partial charge in [0, 0.05) is 54.9 Å². The largest absolute Gasteiger partial charge is 0.351 e. The van der Waals surface area contributed by atoms with E-state index in [1.54, 1.807) is 23.1 Å². The molecule has 1 aliphatic carbocycles. The first-order valence-electron chi connectivity index (χ1n) is 13.1. The minimum Gasteiger partial charge on any atom is -0.351 e. The van der Waals surface area contributed by atoms with Gasteiger partial charge in [-0.1, -0.05) is 19.4 Å². The maximum Gasteiger partial charge on any atom is 0.270 e. The Hall–Kier alpha value is -4.28. The molecule has 0 bridgehead atoms. The van der Waals surface area contributed by atoms with Gasteiger partial charge in [-0.15, -0.1) is 0 Å². The molecule has 5 rings (SSSR count). The van der Waals surface area contributed by atoms with Crippen LogP contribution in [0.5, 0.6) is 0 Å². The van der Waals surface area contributed by atoms with Crippen LogP contribution in [-0.4, -0.2) is 52.9 Å². The van der Waals surface area contributed by atoms with Crippen LogP contribution in [0.15, 0.2) is 48.9 Å². The lowest BCUT2D eigenvalue weighted by molar-refractivity contribution is 0.0927. The molecule has 1 aliphatic rings. The van der Waals surface area contributed by atoms with Crippen LogP contribution < -0.4 is 16.0 Å². The van der Waals surface area contributed by atoms with Gasteiger partial charge in [0.25, 0.3) is 5.91 Å². The molecule has 0 radical (unpaired) electrons. The van der Waals surface area contributed by atoms with Gasteiger partial charge in [-0.05, 0) is 50.7 Å². The molecule has 4 N–H and O–H groups in total. The molecule has 3 atom stereocenters. The normalized spacial score (nSPS) is 19.5. The Balaban J connectivity index is 1.38. The first-order chi connectivity index (χ1) is 18.4. The summed E-state index contributed by atoms with van der Waals surface area (Å²) in [6, 6.07) is 9.32. The van der Waals surface area contributed by atoms with Crippen molar-refractivity contribution in [2.75, 3.05) is 10.6 Å². The maximum atomic E-state index is 12.8. The van der Waals surface area contributed by atoms with Crippen molar-refractivity contribution in [1.29, 1.82) is 0 Å². The Morgan fingerprint density at radius 3 is 2.74 bits per heavy atom. The highest BCUT2D eigenvalue weighted by Gasteiger charge is 2.27. The zero-order valence-electron chi connectivity index (χ0n) is 22.0. The topological polar surface area (TPSA) is 138 Å². The molecule has 11 nitrogen and oxygen atoms in total. The number of nitrogens with one attached hydrogen (secondary N) is 4. The number of aromatic amines is 1. The van der Waals surface area contributed by atoms with E-state index in [1.165, 1.54) is 0 Å². The van der Waals surface area contributed by atoms with E-state index in [0.717, 1.165) is 49.1 Å². The third-order valence-corrected chi connectivity index (χ3v) is 6.94. The van der Waals surface area contributed by atoms with Crippen molar-refractivity contribution in [2.45, 2.75) is 58.0 Å². The second kappa shape index (κ2) is 11.4. The van der Waals surface area contributed by atoms with Crippen molar-refractivity contribution in [3.63, 3.8) is 0 Å². The van der Waals surface area contributed by atoms with Gasteiger partial charge >= 0.3 is 0 Å². The van der Waals surface area contributed by atoms with E-state index in [0.29, 0.717) is 29.2 Å². The Morgan fingerprint density at radius 2 is 2.03 bits per heavy atom. The molecule has 0 aromatic carbocycles. The van der Waals surface area contributed by atoms with Crippen molar-refractivity contribution in [1.82, 2.24) is 40.2 Å². The van der Waals surface area contributed by atoms with Crippen LogP contribution in [0.4, 0.5) is 17.6 Å². The average molecular weight is 515 g/mol. The molecule has 4 aromatic rings. The highest BCUT2D eigenvalue weighted by atomic mass is 16.1. The van der Waals surface area contributed by atoms with E-state index in [4.69, 9.17) is 9.97 Å². The summed E-state index contributed by atoms with van der Waals surface area (Å²) in [5.41, 5.74) is 3.04. The Bertz CT molecular complexity index is 1370. The van der Waals surface area contributed by atoms with E-state index in [9.17, 15) is 4.79 Å². The summed E-state index contributed by atoms with van der Waals surface area (Å²) in [4.78, 5) is 26.6. The van der Waals surface area contributed by atoms with Gasteiger partial charge in [0.2, 0.25) is 5.95 Å². The lowest BCUT2D eigenvalue weighted by Crippen LogP contribution is -2.38. The lowest BCUT2D eigenvalue weighted by Gasteiger charge is -2.23. The first-order valence-corrected chi connectivity index (χ1v) is 13.1. The second-order valence-electron chi connectivity index (χ2n) is 9.98. The Labute approximate surface area is 221 Å². The number of H-pyrrole nitrogens is 1. The number of amides is 1. The standard InChI is InChI=1S/C27H34N10O/c1-4-18-8-9-20(30-26(38)22-7-5-6-10-28-22)13-21(12-18)31-27-32-23(19-15-29-37(3)16-19)14-24(34-27)33-25-11-17(2)35-36-25/h5-7,10-11,14-16,18,20-21H,4,8-9,12-13H2,1-3H3,(H,30,38)(H3,31,32,33,34,35,36). The molecule has 1 amide bonds. The number of carbonyl (C=O) groups is 1. The number of hydrogen-bond donors (Lipinski definition) is 4. The zero-order chi connectivity index (χ0) is 26.5. The molecule has 38 heavy (non-hydrogen) atoms. The van der Waals surface area contributed by atoms with Gasteiger partial charge in [-0.3, -0.25) is 19.6 Å². The third kappa shape index (κ3) is 6.34. The number of nitrogens with zero attached hydrogens (tertiary/aromatic N) is 6. The van der Waals surface area contributed by atoms with E-state index >= 15 is 0 Å². The maximum absolute atomic E-state index is 12.8. The number of aryl methyl sites for hydroxylation is 2. The molecule has 1 fully saturated rings. The van der Waals surface area contributed by atoms with Gasteiger partial charge in [0.1, 0.15) is 11.5 Å². The van der Waals surface area contributed by atoms with Crippen molar-refractivity contribution >= 4 is 23.5 Å². The summed E-state index contributed by atoms with van der Waals surface area (Å²) in [6.45, 7) is 4.17. The van der Waals surface area contributed by atoms with Crippen molar-refractivity contribution in [2.24, 2.45) is 13.0 Å². The number of hydrogen-bond acceptors (Lipinski definition) is 8. The fraction of sp³-hybridized carbons (Fsp3) is 0.407. The van der Waals surface area contributed by atoms with Crippen LogP contribution in [0.25, 0.3) is 11.3 Å². The number of aromatic nitrogens is 7. The first kappa shape index (κ1) is 25.4.